The molecule has 0 aliphatic heterocycles. The van der Waals surface area contributed by atoms with Gasteiger partial charge in [0.2, 0.25) is 0 Å². The van der Waals surface area contributed by atoms with Crippen LogP contribution in [0.4, 0.5) is 17.6 Å². The van der Waals surface area contributed by atoms with Crippen LogP contribution in [0.25, 0.3) is 0 Å². The molecular weight excluding hydrogens is 330 g/mol. The van der Waals surface area contributed by atoms with Gasteiger partial charge in [-0.15, -0.1) is 0 Å². The van der Waals surface area contributed by atoms with E-state index in [2.05, 4.69) is 15.9 Å². The van der Waals surface area contributed by atoms with Crippen LogP contribution in [-0.2, 0) is 6.18 Å². The Morgan fingerprint density at radius 1 is 1.37 bits per heavy atom. The van der Waals surface area contributed by atoms with E-state index in [4.69, 9.17) is 0 Å². The molecule has 0 aromatic heterocycles. The Kier molecular flexibility index (Phi) is 5.34. The maximum absolute atomic E-state index is 13.1. The lowest BCUT2D eigenvalue weighted by atomic mass is 10.1. The zero-order valence-corrected chi connectivity index (χ0v) is 11.7. The van der Waals surface area contributed by atoms with Crippen LogP contribution in [0.1, 0.15) is 22.3 Å². The smallest absolute Gasteiger partial charge is 0.342 e. The second-order valence-electron chi connectivity index (χ2n) is 3.96. The van der Waals surface area contributed by atoms with Gasteiger partial charge in [-0.05, 0) is 24.6 Å². The topological polar surface area (TPSA) is 20.3 Å². The van der Waals surface area contributed by atoms with Crippen molar-refractivity contribution in [3.05, 3.63) is 35.1 Å². The zero-order valence-electron chi connectivity index (χ0n) is 10.1. The molecule has 2 nitrogen and oxygen atoms in total. The number of alkyl halides is 4. The molecule has 0 atom stereocenters. The number of hydrogen-bond donors (Lipinski definition) is 0. The van der Waals surface area contributed by atoms with Crippen LogP contribution in [0.2, 0.25) is 0 Å². The number of benzene rings is 1. The number of halogens is 5. The summed E-state index contributed by atoms with van der Waals surface area (Å²) >= 11 is 3.19. The standard InChI is InChI=1S/C12H12BrF4NO/c1-18(6-2-5-13)11(19)8-3-4-10(14)9(7-8)12(15,16)17/h3-4,7H,2,5-6H2,1H3. The van der Waals surface area contributed by atoms with Gasteiger partial charge < -0.3 is 4.90 Å². The predicted molar refractivity (Wildman–Crippen MR) is 66.8 cm³/mol. The van der Waals surface area contributed by atoms with Crippen molar-refractivity contribution < 1.29 is 22.4 Å². The Morgan fingerprint density at radius 2 is 2.00 bits per heavy atom. The number of hydrogen-bond acceptors (Lipinski definition) is 1. The van der Waals surface area contributed by atoms with E-state index in [0.717, 1.165) is 6.07 Å². The summed E-state index contributed by atoms with van der Waals surface area (Å²) in [4.78, 5) is 13.2. The number of carbonyl (C=O) groups excluding carboxylic acids is 1. The Bertz CT molecular complexity index is 462. The van der Waals surface area contributed by atoms with Gasteiger partial charge in [-0.3, -0.25) is 4.79 Å². The predicted octanol–water partition coefficient (Wildman–Crippen LogP) is 3.70. The van der Waals surface area contributed by atoms with E-state index in [9.17, 15) is 22.4 Å². The lowest BCUT2D eigenvalue weighted by Crippen LogP contribution is -2.28. The minimum atomic E-state index is -4.81. The fourth-order valence-corrected chi connectivity index (χ4v) is 1.75. The first-order valence-electron chi connectivity index (χ1n) is 5.45. The maximum atomic E-state index is 13.1. The molecule has 1 rings (SSSR count). The molecule has 0 N–H and O–H groups in total. The number of rotatable bonds is 4. The molecule has 1 aromatic carbocycles. The zero-order chi connectivity index (χ0) is 14.6. The Hall–Kier alpha value is -1.11. The molecule has 0 saturated heterocycles. The first-order chi connectivity index (χ1) is 8.77. The van der Waals surface area contributed by atoms with Crippen molar-refractivity contribution >= 4 is 21.8 Å². The van der Waals surface area contributed by atoms with E-state index in [1.54, 1.807) is 0 Å². The molecule has 0 spiro atoms. The largest absolute Gasteiger partial charge is 0.419 e. The van der Waals surface area contributed by atoms with Gasteiger partial charge >= 0.3 is 6.18 Å². The van der Waals surface area contributed by atoms with Gasteiger partial charge in [0.1, 0.15) is 5.82 Å². The summed E-state index contributed by atoms with van der Waals surface area (Å²) in [6.45, 7) is 0.406. The highest BCUT2D eigenvalue weighted by Crippen LogP contribution is 2.32. The molecule has 1 amide bonds. The third kappa shape index (κ3) is 4.19. The van der Waals surface area contributed by atoms with E-state index < -0.39 is 23.5 Å². The molecule has 0 bridgehead atoms. The summed E-state index contributed by atoms with van der Waals surface area (Å²) in [5.41, 5.74) is -1.60. The second-order valence-corrected chi connectivity index (χ2v) is 4.75. The summed E-state index contributed by atoms with van der Waals surface area (Å²) in [6.07, 6.45) is -4.13. The summed E-state index contributed by atoms with van der Waals surface area (Å²) in [5.74, 6) is -1.95. The maximum Gasteiger partial charge on any atom is 0.419 e. The van der Waals surface area contributed by atoms with Crippen molar-refractivity contribution in [2.75, 3.05) is 18.9 Å². The molecule has 0 aliphatic rings. The van der Waals surface area contributed by atoms with Gasteiger partial charge in [0.15, 0.2) is 0 Å². The monoisotopic (exact) mass is 341 g/mol. The molecule has 0 saturated carbocycles. The molecular formula is C12H12BrF4NO. The average molecular weight is 342 g/mol. The Balaban J connectivity index is 2.99. The first kappa shape index (κ1) is 15.9. The lowest BCUT2D eigenvalue weighted by molar-refractivity contribution is -0.140. The van der Waals surface area contributed by atoms with Crippen molar-refractivity contribution in [2.24, 2.45) is 0 Å². The summed E-state index contributed by atoms with van der Waals surface area (Å²) in [5, 5.41) is 0.682. The van der Waals surface area contributed by atoms with Crippen molar-refractivity contribution in [3.63, 3.8) is 0 Å². The van der Waals surface area contributed by atoms with E-state index in [-0.39, 0.29) is 5.56 Å². The molecule has 0 heterocycles. The van der Waals surface area contributed by atoms with Gasteiger partial charge in [-0.2, -0.15) is 13.2 Å². The van der Waals surface area contributed by atoms with Crippen LogP contribution in [0.5, 0.6) is 0 Å². The summed E-state index contributed by atoms with van der Waals surface area (Å²) < 4.78 is 50.7. The molecule has 106 valence electrons. The highest BCUT2D eigenvalue weighted by Gasteiger charge is 2.34. The Labute approximate surface area is 116 Å². The first-order valence-corrected chi connectivity index (χ1v) is 6.57. The molecule has 0 unspecified atom stereocenters. The van der Waals surface area contributed by atoms with Crippen molar-refractivity contribution in [1.29, 1.82) is 0 Å². The van der Waals surface area contributed by atoms with Gasteiger partial charge in [-0.1, -0.05) is 15.9 Å². The summed E-state index contributed by atoms with van der Waals surface area (Å²) in [6, 6.07) is 2.26. The molecule has 0 radical (unpaired) electrons. The molecule has 0 aliphatic carbocycles. The SMILES string of the molecule is CN(CCCBr)C(=O)c1ccc(F)c(C(F)(F)F)c1. The van der Waals surface area contributed by atoms with Crippen LogP contribution >= 0.6 is 15.9 Å². The van der Waals surface area contributed by atoms with E-state index in [1.807, 2.05) is 0 Å². The fraction of sp³-hybridized carbons (Fsp3) is 0.417. The van der Waals surface area contributed by atoms with E-state index in [1.165, 1.54) is 11.9 Å². The Morgan fingerprint density at radius 3 is 2.53 bits per heavy atom. The third-order valence-corrected chi connectivity index (χ3v) is 3.05. The summed E-state index contributed by atoms with van der Waals surface area (Å²) in [7, 11) is 1.49. The van der Waals surface area contributed by atoms with Gasteiger partial charge in [0, 0.05) is 24.5 Å². The lowest BCUT2D eigenvalue weighted by Gasteiger charge is -2.17. The van der Waals surface area contributed by atoms with Crippen molar-refractivity contribution in [1.82, 2.24) is 4.90 Å². The normalized spacial score (nSPS) is 11.5. The number of nitrogens with zero attached hydrogens (tertiary/aromatic N) is 1. The van der Waals surface area contributed by atoms with Crippen LogP contribution in [0, 0.1) is 5.82 Å². The number of carbonyl (C=O) groups is 1. The van der Waals surface area contributed by atoms with Crippen LogP contribution in [0.3, 0.4) is 0 Å². The van der Waals surface area contributed by atoms with Crippen molar-refractivity contribution in [2.45, 2.75) is 12.6 Å². The quantitative estimate of drug-likeness (QED) is 0.604. The molecule has 0 fully saturated rings. The molecule has 1 aromatic rings. The highest BCUT2D eigenvalue weighted by atomic mass is 79.9. The third-order valence-electron chi connectivity index (χ3n) is 2.49. The van der Waals surface area contributed by atoms with E-state index >= 15 is 0 Å². The average Bonchev–Trinajstić information content (AvgIpc) is 2.34. The molecule has 7 heteroatoms. The van der Waals surface area contributed by atoms with Gasteiger partial charge in [-0.25, -0.2) is 4.39 Å². The van der Waals surface area contributed by atoms with Gasteiger partial charge in [0.25, 0.3) is 5.91 Å². The minimum absolute atomic E-state index is 0.175. The van der Waals surface area contributed by atoms with Crippen LogP contribution in [0.15, 0.2) is 18.2 Å². The van der Waals surface area contributed by atoms with Crippen LogP contribution in [-0.4, -0.2) is 29.7 Å². The minimum Gasteiger partial charge on any atom is -0.342 e. The van der Waals surface area contributed by atoms with E-state index in [0.29, 0.717) is 30.4 Å². The van der Waals surface area contributed by atoms with Gasteiger partial charge in [0.05, 0.1) is 5.56 Å². The second kappa shape index (κ2) is 6.36. The van der Waals surface area contributed by atoms with Crippen LogP contribution < -0.4 is 0 Å². The van der Waals surface area contributed by atoms with Crippen molar-refractivity contribution in [3.8, 4) is 0 Å². The fourth-order valence-electron chi connectivity index (χ4n) is 1.49. The highest BCUT2D eigenvalue weighted by molar-refractivity contribution is 9.09. The molecule has 19 heavy (non-hydrogen) atoms. The number of amides is 1.